The number of pyridine rings is 1. The molecule has 7 heteroatoms. The van der Waals surface area contributed by atoms with Gasteiger partial charge in [0.15, 0.2) is 0 Å². The predicted octanol–water partition coefficient (Wildman–Crippen LogP) is 3.99. The van der Waals surface area contributed by atoms with Gasteiger partial charge >= 0.3 is 0 Å². The van der Waals surface area contributed by atoms with Crippen LogP contribution in [0.3, 0.4) is 0 Å². The fourth-order valence-corrected chi connectivity index (χ4v) is 3.47. The second kappa shape index (κ2) is 8.95. The van der Waals surface area contributed by atoms with Gasteiger partial charge in [0.05, 0.1) is 5.56 Å². The standard InChI is InChI=1S/C24H23FN4O2/c1-16-2-9-20(10-3-16)27-23(30)18-6-11-22(26-14-18)28-21-12-13-29(24(21)31)15-17-4-7-19(25)8-5-17/h2-11,14,21H,12-13,15H2,1H3,(H,26,28)(H,27,30). The number of hydrogen-bond donors (Lipinski definition) is 2. The molecule has 1 aromatic heterocycles. The third-order valence-electron chi connectivity index (χ3n) is 5.24. The lowest BCUT2D eigenvalue weighted by atomic mass is 10.2. The summed E-state index contributed by atoms with van der Waals surface area (Å²) in [5, 5.41) is 5.98. The van der Waals surface area contributed by atoms with Gasteiger partial charge in [-0.2, -0.15) is 0 Å². The van der Waals surface area contributed by atoms with Crippen LogP contribution in [0.15, 0.2) is 66.9 Å². The van der Waals surface area contributed by atoms with E-state index in [0.29, 0.717) is 30.9 Å². The third kappa shape index (κ3) is 5.06. The molecule has 1 unspecified atom stereocenters. The first-order valence-corrected chi connectivity index (χ1v) is 10.1. The van der Waals surface area contributed by atoms with Crippen LogP contribution >= 0.6 is 0 Å². The maximum atomic E-state index is 13.1. The Balaban J connectivity index is 1.33. The molecule has 0 radical (unpaired) electrons. The van der Waals surface area contributed by atoms with Crippen LogP contribution in [0.1, 0.15) is 27.9 Å². The number of aromatic nitrogens is 1. The van der Waals surface area contributed by atoms with Crippen molar-refractivity contribution in [1.82, 2.24) is 9.88 Å². The molecule has 4 rings (SSSR count). The van der Waals surface area contributed by atoms with Crippen molar-refractivity contribution < 1.29 is 14.0 Å². The van der Waals surface area contributed by atoms with Crippen LogP contribution in [0.5, 0.6) is 0 Å². The zero-order chi connectivity index (χ0) is 21.8. The fraction of sp³-hybridized carbons (Fsp3) is 0.208. The molecular formula is C24H23FN4O2. The van der Waals surface area contributed by atoms with E-state index in [2.05, 4.69) is 15.6 Å². The zero-order valence-corrected chi connectivity index (χ0v) is 17.1. The van der Waals surface area contributed by atoms with Crippen molar-refractivity contribution in [2.24, 2.45) is 0 Å². The summed E-state index contributed by atoms with van der Waals surface area (Å²) in [5.41, 5.74) is 3.16. The number of nitrogens with one attached hydrogen (secondary N) is 2. The number of anilines is 2. The number of carbonyl (C=O) groups is 2. The lowest BCUT2D eigenvalue weighted by molar-refractivity contribution is -0.128. The summed E-state index contributed by atoms with van der Waals surface area (Å²) in [6.07, 6.45) is 2.14. The highest BCUT2D eigenvalue weighted by Gasteiger charge is 2.31. The third-order valence-corrected chi connectivity index (χ3v) is 5.24. The molecule has 3 aromatic rings. The Morgan fingerprint density at radius 2 is 1.84 bits per heavy atom. The van der Waals surface area contributed by atoms with Crippen molar-refractivity contribution in [3.63, 3.8) is 0 Å². The SMILES string of the molecule is Cc1ccc(NC(=O)c2ccc(NC3CCN(Cc4ccc(F)cc4)C3=O)nc2)cc1. The quantitative estimate of drug-likeness (QED) is 0.635. The minimum Gasteiger partial charge on any atom is -0.358 e. The largest absolute Gasteiger partial charge is 0.358 e. The number of benzene rings is 2. The van der Waals surface area contributed by atoms with E-state index in [9.17, 15) is 14.0 Å². The van der Waals surface area contributed by atoms with E-state index in [4.69, 9.17) is 0 Å². The molecule has 0 aliphatic carbocycles. The number of rotatable bonds is 6. The summed E-state index contributed by atoms with van der Waals surface area (Å²) in [4.78, 5) is 31.1. The van der Waals surface area contributed by atoms with Gasteiger partial charge in [0.2, 0.25) is 5.91 Å². The number of halogens is 1. The summed E-state index contributed by atoms with van der Waals surface area (Å²) in [5.74, 6) is -0.0235. The number of likely N-dealkylation sites (tertiary alicyclic amines) is 1. The van der Waals surface area contributed by atoms with E-state index in [-0.39, 0.29) is 23.7 Å². The highest BCUT2D eigenvalue weighted by molar-refractivity contribution is 6.04. The van der Waals surface area contributed by atoms with Gasteiger partial charge in [-0.1, -0.05) is 29.8 Å². The fourth-order valence-electron chi connectivity index (χ4n) is 3.47. The number of aryl methyl sites for hydroxylation is 1. The Morgan fingerprint density at radius 3 is 2.52 bits per heavy atom. The number of carbonyl (C=O) groups excluding carboxylic acids is 2. The van der Waals surface area contributed by atoms with Gasteiger partial charge in [0.1, 0.15) is 17.7 Å². The van der Waals surface area contributed by atoms with Crippen LogP contribution in [-0.2, 0) is 11.3 Å². The lowest BCUT2D eigenvalue weighted by Gasteiger charge is -2.17. The molecule has 1 saturated heterocycles. The van der Waals surface area contributed by atoms with E-state index in [1.807, 2.05) is 31.2 Å². The molecule has 2 N–H and O–H groups in total. The van der Waals surface area contributed by atoms with Crippen molar-refractivity contribution in [1.29, 1.82) is 0 Å². The van der Waals surface area contributed by atoms with Crippen LogP contribution in [0.4, 0.5) is 15.9 Å². The van der Waals surface area contributed by atoms with Crippen LogP contribution in [0, 0.1) is 12.7 Å². The van der Waals surface area contributed by atoms with Crippen LogP contribution in [0.2, 0.25) is 0 Å². The topological polar surface area (TPSA) is 74.3 Å². The second-order valence-electron chi connectivity index (χ2n) is 7.62. The summed E-state index contributed by atoms with van der Waals surface area (Å²) in [7, 11) is 0. The summed E-state index contributed by atoms with van der Waals surface area (Å²) in [6, 6.07) is 16.7. The molecule has 2 amide bonds. The number of nitrogens with zero attached hydrogens (tertiary/aromatic N) is 2. The van der Waals surface area contributed by atoms with Crippen molar-refractivity contribution >= 4 is 23.3 Å². The van der Waals surface area contributed by atoms with E-state index >= 15 is 0 Å². The molecule has 0 spiro atoms. The van der Waals surface area contributed by atoms with Crippen molar-refractivity contribution in [3.8, 4) is 0 Å². The van der Waals surface area contributed by atoms with Gasteiger partial charge in [-0.15, -0.1) is 0 Å². The Bertz CT molecular complexity index is 1070. The predicted molar refractivity (Wildman–Crippen MR) is 117 cm³/mol. The molecule has 1 aliphatic rings. The maximum Gasteiger partial charge on any atom is 0.257 e. The summed E-state index contributed by atoms with van der Waals surface area (Å²) < 4.78 is 13.1. The van der Waals surface area contributed by atoms with Gasteiger partial charge in [-0.25, -0.2) is 9.37 Å². The number of amides is 2. The lowest BCUT2D eigenvalue weighted by Crippen LogP contribution is -2.33. The molecule has 31 heavy (non-hydrogen) atoms. The highest BCUT2D eigenvalue weighted by Crippen LogP contribution is 2.19. The highest BCUT2D eigenvalue weighted by atomic mass is 19.1. The van der Waals surface area contributed by atoms with Gasteiger partial charge < -0.3 is 15.5 Å². The van der Waals surface area contributed by atoms with Crippen LogP contribution < -0.4 is 10.6 Å². The van der Waals surface area contributed by atoms with Crippen molar-refractivity contribution in [2.75, 3.05) is 17.2 Å². The van der Waals surface area contributed by atoms with Crippen molar-refractivity contribution in [3.05, 3.63) is 89.4 Å². The average Bonchev–Trinajstić information content (AvgIpc) is 3.11. The molecule has 2 heterocycles. The zero-order valence-electron chi connectivity index (χ0n) is 17.1. The van der Waals surface area contributed by atoms with Gasteiger partial charge in [0.25, 0.3) is 5.91 Å². The molecule has 2 aromatic carbocycles. The molecule has 0 bridgehead atoms. The number of hydrogen-bond acceptors (Lipinski definition) is 4. The normalized spacial score (nSPS) is 15.7. The Labute approximate surface area is 180 Å². The summed E-state index contributed by atoms with van der Waals surface area (Å²) in [6.45, 7) is 3.05. The van der Waals surface area contributed by atoms with E-state index in [1.165, 1.54) is 18.3 Å². The Kier molecular flexibility index (Phi) is 5.93. The molecular weight excluding hydrogens is 395 g/mol. The molecule has 158 valence electrons. The van der Waals surface area contributed by atoms with Crippen molar-refractivity contribution in [2.45, 2.75) is 25.9 Å². The average molecular weight is 418 g/mol. The van der Waals surface area contributed by atoms with Gasteiger partial charge in [-0.3, -0.25) is 9.59 Å². The second-order valence-corrected chi connectivity index (χ2v) is 7.62. The molecule has 1 fully saturated rings. The smallest absolute Gasteiger partial charge is 0.257 e. The van der Waals surface area contributed by atoms with E-state index in [0.717, 1.165) is 16.8 Å². The first-order chi connectivity index (χ1) is 15.0. The van der Waals surface area contributed by atoms with Crippen LogP contribution in [-0.4, -0.2) is 34.3 Å². The first-order valence-electron chi connectivity index (χ1n) is 10.1. The minimum absolute atomic E-state index is 0.0210. The molecule has 0 saturated carbocycles. The minimum atomic E-state index is -0.375. The molecule has 1 aliphatic heterocycles. The molecule has 6 nitrogen and oxygen atoms in total. The molecule has 1 atom stereocenters. The van der Waals surface area contributed by atoms with E-state index in [1.54, 1.807) is 29.2 Å². The monoisotopic (exact) mass is 418 g/mol. The van der Waals surface area contributed by atoms with E-state index < -0.39 is 0 Å². The Morgan fingerprint density at radius 1 is 1.10 bits per heavy atom. The van der Waals surface area contributed by atoms with Gasteiger partial charge in [0, 0.05) is 25.0 Å². The first kappa shape index (κ1) is 20.5. The maximum absolute atomic E-state index is 13.1. The van der Waals surface area contributed by atoms with Gasteiger partial charge in [-0.05, 0) is 55.3 Å². The Hall–Kier alpha value is -3.74. The van der Waals surface area contributed by atoms with Crippen LogP contribution in [0.25, 0.3) is 0 Å². The summed E-state index contributed by atoms with van der Waals surface area (Å²) >= 11 is 0.